The van der Waals surface area contributed by atoms with Crippen LogP contribution in [0.5, 0.6) is 0 Å². The van der Waals surface area contributed by atoms with Crippen molar-refractivity contribution < 1.29 is 4.79 Å². The van der Waals surface area contributed by atoms with Gasteiger partial charge in [-0.3, -0.25) is 4.79 Å². The van der Waals surface area contributed by atoms with E-state index in [4.69, 9.17) is 0 Å². The van der Waals surface area contributed by atoms with Gasteiger partial charge in [0.1, 0.15) is 0 Å². The van der Waals surface area contributed by atoms with Crippen LogP contribution in [0.1, 0.15) is 24.2 Å². The van der Waals surface area contributed by atoms with Crippen LogP contribution < -0.4 is 5.32 Å². The van der Waals surface area contributed by atoms with Gasteiger partial charge in [0.2, 0.25) is 5.13 Å². The van der Waals surface area contributed by atoms with E-state index in [0.717, 1.165) is 20.5 Å². The van der Waals surface area contributed by atoms with Crippen LogP contribution in [0.25, 0.3) is 0 Å². The third-order valence-electron chi connectivity index (χ3n) is 2.51. The molecule has 0 radical (unpaired) electrons. The highest BCUT2D eigenvalue weighted by Crippen LogP contribution is 2.30. The van der Waals surface area contributed by atoms with E-state index in [1.807, 2.05) is 38.1 Å². The first kappa shape index (κ1) is 15.5. The molecule has 0 aliphatic heterocycles. The molecule has 1 N–H and O–H groups in total. The van der Waals surface area contributed by atoms with Gasteiger partial charge in [-0.05, 0) is 26.0 Å². The van der Waals surface area contributed by atoms with Gasteiger partial charge in [-0.2, -0.15) is 0 Å². The highest BCUT2D eigenvalue weighted by molar-refractivity contribution is 9.10. The maximum Gasteiger partial charge on any atom is 0.206 e. The topological polar surface area (TPSA) is 54.9 Å². The molecule has 0 bridgehead atoms. The number of halogens is 1. The summed E-state index contributed by atoms with van der Waals surface area (Å²) in [6.45, 7) is 4.71. The van der Waals surface area contributed by atoms with E-state index in [2.05, 4.69) is 31.4 Å². The van der Waals surface area contributed by atoms with Gasteiger partial charge in [-0.25, -0.2) is 0 Å². The Balaban J connectivity index is 2.01. The van der Waals surface area contributed by atoms with E-state index in [1.54, 1.807) is 0 Å². The van der Waals surface area contributed by atoms with Crippen molar-refractivity contribution in [2.24, 2.45) is 0 Å². The largest absolute Gasteiger partial charge is 0.360 e. The minimum atomic E-state index is -0.182. The van der Waals surface area contributed by atoms with E-state index in [-0.39, 0.29) is 11.0 Å². The first-order valence-electron chi connectivity index (χ1n) is 6.14. The monoisotopic (exact) mass is 371 g/mol. The predicted octanol–water partition coefficient (Wildman–Crippen LogP) is 4.10. The molecule has 0 amide bonds. The molecule has 0 aliphatic carbocycles. The summed E-state index contributed by atoms with van der Waals surface area (Å²) < 4.78 is 1.77. The van der Waals surface area contributed by atoms with Gasteiger partial charge in [-0.1, -0.05) is 51.2 Å². The van der Waals surface area contributed by atoms with Crippen molar-refractivity contribution in [3.8, 4) is 0 Å². The minimum absolute atomic E-state index is 0.0997. The number of rotatable bonds is 6. The summed E-state index contributed by atoms with van der Waals surface area (Å²) in [7, 11) is 0. The first-order valence-corrected chi connectivity index (χ1v) is 8.63. The zero-order valence-electron chi connectivity index (χ0n) is 11.1. The van der Waals surface area contributed by atoms with E-state index in [9.17, 15) is 4.79 Å². The molecule has 0 saturated carbocycles. The Labute approximate surface area is 134 Å². The van der Waals surface area contributed by atoms with Gasteiger partial charge < -0.3 is 5.32 Å². The normalized spacial score (nSPS) is 12.2. The number of carbonyl (C=O) groups excluding carboxylic acids is 1. The zero-order chi connectivity index (χ0) is 14.5. The molecular weight excluding hydrogens is 358 g/mol. The third kappa shape index (κ3) is 4.04. The maximum atomic E-state index is 12.3. The summed E-state index contributed by atoms with van der Waals surface area (Å²) in [5.74, 6) is 0.0997. The van der Waals surface area contributed by atoms with Crippen LogP contribution in [0.3, 0.4) is 0 Å². The van der Waals surface area contributed by atoms with Crippen molar-refractivity contribution in [2.45, 2.75) is 23.4 Å². The summed E-state index contributed by atoms with van der Waals surface area (Å²) in [6, 6.07) is 7.40. The number of Topliss-reactive ketones (excluding diaryl/α,β-unsaturated/α-hetero) is 1. The van der Waals surface area contributed by atoms with Crippen LogP contribution in [-0.2, 0) is 0 Å². The number of carbonyl (C=O) groups is 1. The second-order valence-electron chi connectivity index (χ2n) is 4.03. The van der Waals surface area contributed by atoms with Crippen LogP contribution in [-0.4, -0.2) is 27.8 Å². The second kappa shape index (κ2) is 7.19. The molecular formula is C13H14BrN3OS2. The van der Waals surface area contributed by atoms with Gasteiger partial charge in [0.25, 0.3) is 0 Å². The number of thioether (sulfide) groups is 1. The number of anilines is 1. The predicted molar refractivity (Wildman–Crippen MR) is 87.9 cm³/mol. The number of benzene rings is 1. The molecule has 1 heterocycles. The lowest BCUT2D eigenvalue weighted by Gasteiger charge is -2.07. The molecule has 20 heavy (non-hydrogen) atoms. The molecule has 0 spiro atoms. The van der Waals surface area contributed by atoms with Crippen molar-refractivity contribution in [3.63, 3.8) is 0 Å². The number of nitrogens with one attached hydrogen (secondary N) is 1. The Bertz CT molecular complexity index is 586. The summed E-state index contributed by atoms with van der Waals surface area (Å²) >= 11 is 6.27. The summed E-state index contributed by atoms with van der Waals surface area (Å²) in [6.07, 6.45) is 0. The SMILES string of the molecule is CCNc1nnc(SC(C)C(=O)c2ccc(Br)cc2)s1. The number of hydrogen-bond acceptors (Lipinski definition) is 6. The smallest absolute Gasteiger partial charge is 0.206 e. The zero-order valence-corrected chi connectivity index (χ0v) is 14.3. The Kier molecular flexibility index (Phi) is 5.56. The van der Waals surface area contributed by atoms with Crippen molar-refractivity contribution in [3.05, 3.63) is 34.3 Å². The standard InChI is InChI=1S/C13H14BrN3OS2/c1-3-15-12-16-17-13(20-12)19-8(2)11(18)9-4-6-10(14)7-5-9/h4-8H,3H2,1-2H3,(H,15,16). The minimum Gasteiger partial charge on any atom is -0.360 e. The Morgan fingerprint density at radius 1 is 1.40 bits per heavy atom. The van der Waals surface area contributed by atoms with Crippen molar-refractivity contribution >= 4 is 49.9 Å². The quantitative estimate of drug-likeness (QED) is 0.611. The highest BCUT2D eigenvalue weighted by atomic mass is 79.9. The maximum absolute atomic E-state index is 12.3. The average Bonchev–Trinajstić information content (AvgIpc) is 2.86. The fraction of sp³-hybridized carbons (Fsp3) is 0.308. The van der Waals surface area contributed by atoms with Crippen LogP contribution in [0, 0.1) is 0 Å². The lowest BCUT2D eigenvalue weighted by molar-refractivity contribution is 0.0994. The Morgan fingerprint density at radius 3 is 2.75 bits per heavy atom. The van der Waals surface area contributed by atoms with Crippen molar-refractivity contribution in [2.75, 3.05) is 11.9 Å². The molecule has 2 aromatic rings. The summed E-state index contributed by atoms with van der Waals surface area (Å²) in [5, 5.41) is 11.8. The highest BCUT2D eigenvalue weighted by Gasteiger charge is 2.18. The lowest BCUT2D eigenvalue weighted by Crippen LogP contribution is -2.13. The lowest BCUT2D eigenvalue weighted by atomic mass is 10.1. The molecule has 7 heteroatoms. The molecule has 1 aromatic carbocycles. The van der Waals surface area contributed by atoms with Gasteiger partial charge in [0.05, 0.1) is 5.25 Å². The summed E-state index contributed by atoms with van der Waals surface area (Å²) in [4.78, 5) is 12.3. The molecule has 0 fully saturated rings. The van der Waals surface area contributed by atoms with E-state index in [1.165, 1.54) is 23.1 Å². The van der Waals surface area contributed by atoms with Gasteiger partial charge in [0.15, 0.2) is 10.1 Å². The molecule has 1 unspecified atom stereocenters. The molecule has 2 rings (SSSR count). The van der Waals surface area contributed by atoms with E-state index < -0.39 is 0 Å². The van der Waals surface area contributed by atoms with Crippen molar-refractivity contribution in [1.29, 1.82) is 0 Å². The van der Waals surface area contributed by atoms with E-state index >= 15 is 0 Å². The fourth-order valence-corrected chi connectivity index (χ4v) is 3.84. The molecule has 4 nitrogen and oxygen atoms in total. The molecule has 0 saturated heterocycles. The Morgan fingerprint density at radius 2 is 2.10 bits per heavy atom. The van der Waals surface area contributed by atoms with Gasteiger partial charge in [-0.15, -0.1) is 10.2 Å². The first-order chi connectivity index (χ1) is 9.60. The molecule has 1 atom stereocenters. The summed E-state index contributed by atoms with van der Waals surface area (Å²) in [5.41, 5.74) is 0.713. The molecule has 1 aromatic heterocycles. The van der Waals surface area contributed by atoms with Crippen LogP contribution in [0.15, 0.2) is 33.1 Å². The number of ketones is 1. The van der Waals surface area contributed by atoms with E-state index in [0.29, 0.717) is 5.56 Å². The number of aromatic nitrogens is 2. The van der Waals surface area contributed by atoms with Gasteiger partial charge in [0, 0.05) is 16.6 Å². The van der Waals surface area contributed by atoms with Gasteiger partial charge >= 0.3 is 0 Å². The van der Waals surface area contributed by atoms with Crippen LogP contribution in [0.2, 0.25) is 0 Å². The van der Waals surface area contributed by atoms with Crippen molar-refractivity contribution in [1.82, 2.24) is 10.2 Å². The van der Waals surface area contributed by atoms with Crippen LogP contribution >= 0.6 is 39.0 Å². The Hall–Kier alpha value is -0.920. The molecule has 106 valence electrons. The number of hydrogen-bond donors (Lipinski definition) is 1. The fourth-order valence-electron chi connectivity index (χ4n) is 1.53. The number of nitrogens with zero attached hydrogens (tertiary/aromatic N) is 2. The van der Waals surface area contributed by atoms with Crippen LogP contribution in [0.4, 0.5) is 5.13 Å². The molecule has 0 aliphatic rings. The third-order valence-corrected chi connectivity index (χ3v) is 5.10. The average molecular weight is 372 g/mol. The second-order valence-corrected chi connectivity index (χ2v) is 7.52.